The zero-order valence-corrected chi connectivity index (χ0v) is 11.4. The van der Waals surface area contributed by atoms with E-state index in [1.165, 1.54) is 30.8 Å². The van der Waals surface area contributed by atoms with E-state index in [2.05, 4.69) is 25.6 Å². The lowest BCUT2D eigenvalue weighted by Gasteiger charge is -2.45. The molecule has 0 saturated carbocycles. The lowest BCUT2D eigenvalue weighted by molar-refractivity contribution is -0.107. The average molecular weight is 243 g/mol. The molecule has 2 aliphatic heterocycles. The maximum atomic E-state index is 6.32. The summed E-state index contributed by atoms with van der Waals surface area (Å²) in [5.74, 6) is 3.81. The van der Waals surface area contributed by atoms with Crippen molar-refractivity contribution in [2.45, 2.75) is 51.2 Å². The van der Waals surface area contributed by atoms with Crippen molar-refractivity contribution in [3.8, 4) is 0 Å². The van der Waals surface area contributed by atoms with Crippen molar-refractivity contribution in [2.75, 3.05) is 18.1 Å². The van der Waals surface area contributed by atoms with E-state index >= 15 is 0 Å². The fourth-order valence-corrected chi connectivity index (χ4v) is 4.27. The van der Waals surface area contributed by atoms with Crippen molar-refractivity contribution < 1.29 is 4.74 Å². The maximum Gasteiger partial charge on any atom is 0.0701 e. The quantitative estimate of drug-likeness (QED) is 0.810. The highest BCUT2D eigenvalue weighted by Gasteiger charge is 2.40. The van der Waals surface area contributed by atoms with E-state index < -0.39 is 0 Å². The molecular weight excluding hydrogens is 218 g/mol. The molecular formula is C13H25NOS. The average Bonchev–Trinajstić information content (AvgIpc) is 2.29. The molecule has 2 rings (SSSR count). The van der Waals surface area contributed by atoms with Crippen LogP contribution in [0.2, 0.25) is 0 Å². The molecule has 0 aliphatic carbocycles. The summed E-state index contributed by atoms with van der Waals surface area (Å²) in [6, 6.07) is 0.357. The molecule has 16 heavy (non-hydrogen) atoms. The van der Waals surface area contributed by atoms with Crippen LogP contribution in [0, 0.1) is 11.8 Å². The molecule has 2 saturated heterocycles. The van der Waals surface area contributed by atoms with Crippen LogP contribution in [0.1, 0.15) is 39.5 Å². The maximum absolute atomic E-state index is 6.32. The Morgan fingerprint density at radius 2 is 2.00 bits per heavy atom. The first kappa shape index (κ1) is 12.7. The van der Waals surface area contributed by atoms with Gasteiger partial charge < -0.3 is 10.5 Å². The largest absolute Gasteiger partial charge is 0.375 e. The van der Waals surface area contributed by atoms with Gasteiger partial charge in [0.2, 0.25) is 0 Å². The number of nitrogens with two attached hydrogens (primary N) is 1. The number of thioether (sulfide) groups is 1. The molecule has 2 heterocycles. The third kappa shape index (κ3) is 2.74. The molecule has 1 spiro atoms. The van der Waals surface area contributed by atoms with Gasteiger partial charge in [-0.25, -0.2) is 0 Å². The molecule has 2 nitrogen and oxygen atoms in total. The van der Waals surface area contributed by atoms with Gasteiger partial charge in [-0.15, -0.1) is 0 Å². The topological polar surface area (TPSA) is 35.2 Å². The van der Waals surface area contributed by atoms with Gasteiger partial charge in [-0.1, -0.05) is 13.8 Å². The molecule has 2 unspecified atom stereocenters. The standard InChI is InChI=1S/C13H25NOS/c1-10(2)12(14)11-3-6-15-13(9-11)4-7-16-8-5-13/h10-12H,3-9,14H2,1-2H3. The van der Waals surface area contributed by atoms with Crippen molar-refractivity contribution in [2.24, 2.45) is 17.6 Å². The van der Waals surface area contributed by atoms with Crippen LogP contribution in [0.25, 0.3) is 0 Å². The lowest BCUT2D eigenvalue weighted by atomic mass is 9.76. The van der Waals surface area contributed by atoms with Crippen LogP contribution < -0.4 is 5.73 Å². The van der Waals surface area contributed by atoms with Crippen molar-refractivity contribution >= 4 is 11.8 Å². The summed E-state index contributed by atoms with van der Waals surface area (Å²) in [5, 5.41) is 0. The van der Waals surface area contributed by atoms with Gasteiger partial charge in [-0.05, 0) is 49.0 Å². The summed E-state index contributed by atoms with van der Waals surface area (Å²) >= 11 is 2.07. The first-order valence-electron chi connectivity index (χ1n) is 6.60. The molecule has 2 atom stereocenters. The molecule has 0 aromatic rings. The van der Waals surface area contributed by atoms with Crippen molar-refractivity contribution in [1.29, 1.82) is 0 Å². The van der Waals surface area contributed by atoms with E-state index in [1.807, 2.05) is 0 Å². The molecule has 0 aromatic carbocycles. The summed E-state index contributed by atoms with van der Waals surface area (Å²) in [6.07, 6.45) is 4.83. The van der Waals surface area contributed by atoms with Gasteiger partial charge in [0.1, 0.15) is 0 Å². The highest BCUT2D eigenvalue weighted by molar-refractivity contribution is 7.99. The van der Waals surface area contributed by atoms with Crippen molar-refractivity contribution in [3.05, 3.63) is 0 Å². The molecule has 0 bridgehead atoms. The van der Waals surface area contributed by atoms with E-state index in [0.29, 0.717) is 17.9 Å². The molecule has 3 heteroatoms. The molecule has 2 N–H and O–H groups in total. The van der Waals surface area contributed by atoms with Gasteiger partial charge in [-0.3, -0.25) is 0 Å². The summed E-state index contributed by atoms with van der Waals surface area (Å²) in [6.45, 7) is 5.41. The van der Waals surface area contributed by atoms with E-state index in [9.17, 15) is 0 Å². The SMILES string of the molecule is CC(C)C(N)C1CCOC2(CCSCC2)C1. The van der Waals surface area contributed by atoms with Crippen LogP contribution in [-0.4, -0.2) is 29.8 Å². The van der Waals surface area contributed by atoms with Gasteiger partial charge in [0.15, 0.2) is 0 Å². The Bertz CT molecular complexity index is 220. The molecule has 0 aromatic heterocycles. The molecule has 94 valence electrons. The Balaban J connectivity index is 1.97. The van der Waals surface area contributed by atoms with Crippen LogP contribution in [-0.2, 0) is 4.74 Å². The van der Waals surface area contributed by atoms with E-state index in [1.54, 1.807) is 0 Å². The minimum atomic E-state index is 0.195. The minimum Gasteiger partial charge on any atom is -0.375 e. The fourth-order valence-electron chi connectivity index (χ4n) is 3.03. The smallest absolute Gasteiger partial charge is 0.0701 e. The molecule has 2 fully saturated rings. The van der Waals surface area contributed by atoms with Gasteiger partial charge >= 0.3 is 0 Å². The number of hydrogen-bond acceptors (Lipinski definition) is 3. The molecule has 0 amide bonds. The summed E-state index contributed by atoms with van der Waals surface area (Å²) in [4.78, 5) is 0. The van der Waals surface area contributed by atoms with E-state index in [0.717, 1.165) is 13.0 Å². The Kier molecular flexibility index (Phi) is 4.20. The Morgan fingerprint density at radius 1 is 1.31 bits per heavy atom. The zero-order chi connectivity index (χ0) is 11.6. The Hall–Kier alpha value is 0.270. The highest BCUT2D eigenvalue weighted by atomic mass is 32.2. The normalized spacial score (nSPS) is 31.9. The van der Waals surface area contributed by atoms with Gasteiger partial charge in [0.05, 0.1) is 5.60 Å². The number of rotatable bonds is 2. The number of ether oxygens (including phenoxy) is 1. The second-order valence-corrected chi connectivity index (χ2v) is 6.94. The highest BCUT2D eigenvalue weighted by Crippen LogP contribution is 2.41. The lowest BCUT2D eigenvalue weighted by Crippen LogP contribution is -2.48. The predicted octanol–water partition coefficient (Wildman–Crippen LogP) is 2.66. The van der Waals surface area contributed by atoms with Gasteiger partial charge in [0.25, 0.3) is 0 Å². The van der Waals surface area contributed by atoms with Crippen molar-refractivity contribution in [1.82, 2.24) is 0 Å². The van der Waals surface area contributed by atoms with Gasteiger partial charge in [-0.2, -0.15) is 11.8 Å². The summed E-state index contributed by atoms with van der Waals surface area (Å²) in [7, 11) is 0. The van der Waals surface area contributed by atoms with Gasteiger partial charge in [0, 0.05) is 12.6 Å². The first-order chi connectivity index (χ1) is 7.63. The van der Waals surface area contributed by atoms with E-state index in [-0.39, 0.29) is 5.60 Å². The van der Waals surface area contributed by atoms with Crippen LogP contribution in [0.15, 0.2) is 0 Å². The zero-order valence-electron chi connectivity index (χ0n) is 10.6. The molecule has 0 radical (unpaired) electrons. The van der Waals surface area contributed by atoms with Crippen LogP contribution in [0.5, 0.6) is 0 Å². The van der Waals surface area contributed by atoms with E-state index in [4.69, 9.17) is 10.5 Å². The van der Waals surface area contributed by atoms with Crippen molar-refractivity contribution in [3.63, 3.8) is 0 Å². The third-order valence-electron chi connectivity index (χ3n) is 4.25. The minimum absolute atomic E-state index is 0.195. The fraction of sp³-hybridized carbons (Fsp3) is 1.00. The summed E-state index contributed by atoms with van der Waals surface area (Å²) in [5.41, 5.74) is 6.52. The monoisotopic (exact) mass is 243 g/mol. The van der Waals surface area contributed by atoms with Crippen LogP contribution in [0.4, 0.5) is 0 Å². The second kappa shape index (κ2) is 5.28. The summed E-state index contributed by atoms with van der Waals surface area (Å²) < 4.78 is 6.10. The Labute approximate surface area is 104 Å². The van der Waals surface area contributed by atoms with Crippen LogP contribution >= 0.6 is 11.8 Å². The number of hydrogen-bond donors (Lipinski definition) is 1. The first-order valence-corrected chi connectivity index (χ1v) is 7.76. The second-order valence-electron chi connectivity index (χ2n) is 5.72. The molecule has 2 aliphatic rings. The Morgan fingerprint density at radius 3 is 2.62 bits per heavy atom. The third-order valence-corrected chi connectivity index (χ3v) is 5.23. The van der Waals surface area contributed by atoms with Crippen LogP contribution in [0.3, 0.4) is 0 Å². The predicted molar refractivity (Wildman–Crippen MR) is 70.8 cm³/mol.